The van der Waals surface area contributed by atoms with Gasteiger partial charge in [-0.2, -0.15) is 0 Å². The van der Waals surface area contributed by atoms with Gasteiger partial charge in [0.1, 0.15) is 18.6 Å². The number of hydrogen-bond donors (Lipinski definition) is 0. The van der Waals surface area contributed by atoms with Gasteiger partial charge in [-0.05, 0) is 12.0 Å². The van der Waals surface area contributed by atoms with E-state index >= 15 is 0 Å². The van der Waals surface area contributed by atoms with Crippen molar-refractivity contribution in [3.8, 4) is 0 Å². The van der Waals surface area contributed by atoms with Crippen molar-refractivity contribution in [2.45, 2.75) is 19.4 Å². The van der Waals surface area contributed by atoms with Crippen LogP contribution in [0.15, 0.2) is 42.4 Å². The number of rotatable bonds is 3. The Bertz CT molecular complexity index is 303. The Morgan fingerprint density at radius 1 is 1.21 bits per heavy atom. The van der Waals surface area contributed by atoms with E-state index in [2.05, 4.69) is 12.1 Å². The molecule has 0 amide bonds. The van der Waals surface area contributed by atoms with Gasteiger partial charge in [0.2, 0.25) is 0 Å². The summed E-state index contributed by atoms with van der Waals surface area (Å²) in [4.78, 5) is 0. The molecule has 0 atom stereocenters. The summed E-state index contributed by atoms with van der Waals surface area (Å²) in [7, 11) is 0. The van der Waals surface area contributed by atoms with Crippen LogP contribution in [0.1, 0.15) is 18.4 Å². The van der Waals surface area contributed by atoms with Gasteiger partial charge in [0.15, 0.2) is 0 Å². The van der Waals surface area contributed by atoms with Crippen LogP contribution in [0.3, 0.4) is 0 Å². The Labute approximate surface area is 84.2 Å². The van der Waals surface area contributed by atoms with Gasteiger partial charge in [-0.15, -0.1) is 0 Å². The molecule has 0 bridgehead atoms. The molecular weight excluding hydrogens is 176 g/mol. The summed E-state index contributed by atoms with van der Waals surface area (Å²) in [6.45, 7) is 1.45. The highest BCUT2D eigenvalue weighted by Gasteiger charge is 2.04. The van der Waals surface area contributed by atoms with E-state index in [1.807, 2.05) is 18.2 Å². The van der Waals surface area contributed by atoms with E-state index in [0.717, 1.165) is 25.2 Å². The molecule has 0 N–H and O–H groups in total. The van der Waals surface area contributed by atoms with Crippen molar-refractivity contribution in [1.82, 2.24) is 0 Å². The van der Waals surface area contributed by atoms with Gasteiger partial charge in [-0.1, -0.05) is 30.3 Å². The molecule has 0 aliphatic carbocycles. The molecule has 0 spiro atoms. The fourth-order valence-electron chi connectivity index (χ4n) is 1.40. The van der Waals surface area contributed by atoms with Gasteiger partial charge >= 0.3 is 0 Å². The van der Waals surface area contributed by atoms with Crippen molar-refractivity contribution >= 4 is 0 Å². The van der Waals surface area contributed by atoms with Crippen molar-refractivity contribution in [1.29, 1.82) is 0 Å². The molecule has 0 saturated heterocycles. The molecule has 0 unspecified atom stereocenters. The number of ether oxygens (including phenoxy) is 2. The van der Waals surface area contributed by atoms with Gasteiger partial charge in [-0.25, -0.2) is 0 Å². The largest absolute Gasteiger partial charge is 0.498 e. The first-order valence-corrected chi connectivity index (χ1v) is 4.92. The van der Waals surface area contributed by atoms with Crippen molar-refractivity contribution in [3.05, 3.63) is 47.9 Å². The van der Waals surface area contributed by atoms with E-state index in [-0.39, 0.29) is 0 Å². The molecule has 1 aliphatic heterocycles. The zero-order valence-electron chi connectivity index (χ0n) is 8.11. The molecule has 2 nitrogen and oxygen atoms in total. The van der Waals surface area contributed by atoms with Crippen LogP contribution in [0.5, 0.6) is 0 Å². The third-order valence-electron chi connectivity index (χ3n) is 2.17. The smallest absolute Gasteiger partial charge is 0.131 e. The van der Waals surface area contributed by atoms with Crippen molar-refractivity contribution in [3.63, 3.8) is 0 Å². The maximum absolute atomic E-state index is 5.61. The lowest BCUT2D eigenvalue weighted by atomic mass is 10.2. The zero-order valence-corrected chi connectivity index (χ0v) is 8.11. The van der Waals surface area contributed by atoms with Crippen molar-refractivity contribution in [2.75, 3.05) is 6.61 Å². The Kier molecular flexibility index (Phi) is 3.06. The minimum absolute atomic E-state index is 0.635. The average molecular weight is 190 g/mol. The average Bonchev–Trinajstić information content (AvgIpc) is 2.29. The topological polar surface area (TPSA) is 18.5 Å². The van der Waals surface area contributed by atoms with Crippen LogP contribution in [0.2, 0.25) is 0 Å². The van der Waals surface area contributed by atoms with Crippen LogP contribution in [-0.4, -0.2) is 6.61 Å². The minimum atomic E-state index is 0.635. The van der Waals surface area contributed by atoms with E-state index in [9.17, 15) is 0 Å². The molecule has 0 fully saturated rings. The van der Waals surface area contributed by atoms with E-state index < -0.39 is 0 Å². The predicted molar refractivity (Wildman–Crippen MR) is 54.5 cm³/mol. The first-order chi connectivity index (χ1) is 6.95. The first-order valence-electron chi connectivity index (χ1n) is 4.92. The maximum atomic E-state index is 5.61. The summed E-state index contributed by atoms with van der Waals surface area (Å²) in [6, 6.07) is 10.2. The summed E-state index contributed by atoms with van der Waals surface area (Å²) < 4.78 is 10.8. The van der Waals surface area contributed by atoms with Crippen molar-refractivity contribution < 1.29 is 9.47 Å². The van der Waals surface area contributed by atoms with Crippen LogP contribution in [0.25, 0.3) is 0 Å². The molecule has 2 heteroatoms. The third-order valence-corrected chi connectivity index (χ3v) is 2.17. The fraction of sp³-hybridized carbons (Fsp3) is 0.333. The second-order valence-electron chi connectivity index (χ2n) is 3.33. The lowest BCUT2D eigenvalue weighted by Gasteiger charge is -2.14. The molecule has 1 heterocycles. The molecular formula is C12H14O2. The van der Waals surface area contributed by atoms with Gasteiger partial charge in [-0.3, -0.25) is 0 Å². The zero-order chi connectivity index (χ0) is 9.64. The molecule has 1 aromatic rings. The fourth-order valence-corrected chi connectivity index (χ4v) is 1.40. The highest BCUT2D eigenvalue weighted by atomic mass is 16.5. The Hall–Kier alpha value is -1.44. The summed E-state index contributed by atoms with van der Waals surface area (Å²) >= 11 is 0. The standard InChI is InChI=1S/C12H14O2/c1-2-5-11(6-3-1)9-14-12-7-4-8-13-10-12/h1-3,5-6,10H,4,7-9H2. The Morgan fingerprint density at radius 2 is 2.07 bits per heavy atom. The van der Waals surface area contributed by atoms with Crippen molar-refractivity contribution in [2.24, 2.45) is 0 Å². The number of hydrogen-bond acceptors (Lipinski definition) is 2. The SMILES string of the molecule is C1=C(OCc2ccccc2)CCCO1. The highest BCUT2D eigenvalue weighted by Crippen LogP contribution is 2.14. The minimum Gasteiger partial charge on any atom is -0.498 e. The van der Waals surface area contributed by atoms with E-state index in [4.69, 9.17) is 9.47 Å². The van der Waals surface area contributed by atoms with E-state index in [1.165, 1.54) is 5.56 Å². The summed E-state index contributed by atoms with van der Waals surface area (Å²) in [5, 5.41) is 0. The van der Waals surface area contributed by atoms with Gasteiger partial charge in [0, 0.05) is 6.42 Å². The molecule has 0 aromatic heterocycles. The van der Waals surface area contributed by atoms with Crippen LogP contribution in [0, 0.1) is 0 Å². The van der Waals surface area contributed by atoms with Gasteiger partial charge in [0.25, 0.3) is 0 Å². The van der Waals surface area contributed by atoms with Crippen LogP contribution >= 0.6 is 0 Å². The molecule has 0 saturated carbocycles. The Morgan fingerprint density at radius 3 is 2.79 bits per heavy atom. The summed E-state index contributed by atoms with van der Waals surface area (Å²) in [5.74, 6) is 0.958. The number of benzene rings is 1. The third kappa shape index (κ3) is 2.52. The molecule has 1 aliphatic rings. The molecule has 74 valence electrons. The van der Waals surface area contributed by atoms with Gasteiger partial charge < -0.3 is 9.47 Å². The quantitative estimate of drug-likeness (QED) is 0.729. The highest BCUT2D eigenvalue weighted by molar-refractivity contribution is 5.13. The second kappa shape index (κ2) is 4.70. The normalized spacial score (nSPS) is 15.6. The second-order valence-corrected chi connectivity index (χ2v) is 3.33. The first kappa shape index (κ1) is 9.13. The maximum Gasteiger partial charge on any atom is 0.131 e. The molecule has 14 heavy (non-hydrogen) atoms. The number of allylic oxidation sites excluding steroid dienone is 1. The van der Waals surface area contributed by atoms with Crippen LogP contribution in [-0.2, 0) is 16.1 Å². The molecule has 0 radical (unpaired) electrons. The summed E-state index contributed by atoms with van der Waals surface area (Å²) in [5.41, 5.74) is 1.19. The van der Waals surface area contributed by atoms with E-state index in [0.29, 0.717) is 6.61 Å². The predicted octanol–water partition coefficient (Wildman–Crippen LogP) is 2.86. The monoisotopic (exact) mass is 190 g/mol. The lowest BCUT2D eigenvalue weighted by molar-refractivity contribution is 0.131. The Balaban J connectivity index is 1.85. The molecule has 1 aromatic carbocycles. The van der Waals surface area contributed by atoms with Crippen LogP contribution < -0.4 is 0 Å². The van der Waals surface area contributed by atoms with E-state index in [1.54, 1.807) is 6.26 Å². The molecule has 2 rings (SSSR count). The summed E-state index contributed by atoms with van der Waals surface area (Å²) in [6.07, 6.45) is 3.78. The lowest BCUT2D eigenvalue weighted by Crippen LogP contribution is -2.02. The van der Waals surface area contributed by atoms with Gasteiger partial charge in [0.05, 0.1) is 6.61 Å². The van der Waals surface area contributed by atoms with Crippen LogP contribution in [0.4, 0.5) is 0 Å².